The highest BCUT2D eigenvalue weighted by Gasteiger charge is 2.56. The minimum atomic E-state index is -4.52. The number of amides is 1. The van der Waals surface area contributed by atoms with Gasteiger partial charge in [-0.1, -0.05) is 12.1 Å². The number of nitrogens with zero attached hydrogens (tertiary/aromatic N) is 3. The van der Waals surface area contributed by atoms with Gasteiger partial charge in [0, 0.05) is 24.3 Å². The lowest BCUT2D eigenvalue weighted by Crippen LogP contribution is -2.18. The molecule has 4 aromatic rings. The number of aromatic amines is 1. The van der Waals surface area contributed by atoms with Crippen molar-refractivity contribution in [1.29, 1.82) is 0 Å². The third-order valence-electron chi connectivity index (χ3n) is 6.00. The summed E-state index contributed by atoms with van der Waals surface area (Å²) in [5, 5.41) is 16.5. The molecule has 1 aliphatic heterocycles. The molecule has 1 amide bonds. The molecule has 1 aliphatic carbocycles. The Labute approximate surface area is 192 Å². The van der Waals surface area contributed by atoms with Gasteiger partial charge in [-0.15, -0.1) is 0 Å². The Balaban J connectivity index is 0.000000150. The van der Waals surface area contributed by atoms with E-state index < -0.39 is 11.9 Å². The van der Waals surface area contributed by atoms with Gasteiger partial charge in [0.1, 0.15) is 5.75 Å². The van der Waals surface area contributed by atoms with Gasteiger partial charge in [0.15, 0.2) is 11.5 Å². The zero-order chi connectivity index (χ0) is 24.1. The third kappa shape index (κ3) is 3.72. The molecule has 11 heteroatoms. The molecule has 3 heterocycles. The molecule has 0 bridgehead atoms. The van der Waals surface area contributed by atoms with Gasteiger partial charge in [-0.2, -0.15) is 23.4 Å². The van der Waals surface area contributed by atoms with Crippen molar-refractivity contribution in [2.24, 2.45) is 7.05 Å². The van der Waals surface area contributed by atoms with Crippen LogP contribution in [0.25, 0.3) is 10.9 Å². The number of aryl methyl sites for hydroxylation is 1. The number of H-pyrrole nitrogens is 1. The van der Waals surface area contributed by atoms with Crippen molar-refractivity contribution in [3.05, 3.63) is 59.9 Å². The zero-order valence-corrected chi connectivity index (χ0v) is 18.3. The number of ether oxygens (including phenoxy) is 1. The van der Waals surface area contributed by atoms with E-state index in [2.05, 4.69) is 25.9 Å². The fourth-order valence-electron chi connectivity index (χ4n) is 4.12. The number of benzene rings is 2. The highest BCUT2D eigenvalue weighted by Crippen LogP contribution is 2.55. The number of halogens is 3. The van der Waals surface area contributed by atoms with E-state index in [0.717, 1.165) is 40.0 Å². The maximum atomic E-state index is 12.9. The Kier molecular flexibility index (Phi) is 4.99. The number of carbonyl (C=O) groups is 1. The van der Waals surface area contributed by atoms with Crippen LogP contribution in [0.3, 0.4) is 0 Å². The maximum absolute atomic E-state index is 12.9. The summed E-state index contributed by atoms with van der Waals surface area (Å²) in [7, 11) is 3.08. The van der Waals surface area contributed by atoms with Crippen LogP contribution in [0.4, 0.5) is 30.4 Å². The Hall–Kier alpha value is -4.02. The molecule has 6 rings (SSSR count). The van der Waals surface area contributed by atoms with Gasteiger partial charge in [0.25, 0.3) is 0 Å². The van der Waals surface area contributed by atoms with E-state index in [0.29, 0.717) is 11.2 Å². The summed E-state index contributed by atoms with van der Waals surface area (Å²) >= 11 is 0. The van der Waals surface area contributed by atoms with Gasteiger partial charge in [0.2, 0.25) is 5.91 Å². The second-order valence-electron chi connectivity index (χ2n) is 8.25. The topological polar surface area (TPSA) is 96.9 Å². The number of anilines is 3. The molecule has 176 valence electrons. The lowest BCUT2D eigenvalue weighted by molar-refractivity contribution is -0.140. The maximum Gasteiger partial charge on any atom is 0.437 e. The van der Waals surface area contributed by atoms with E-state index in [1.807, 2.05) is 24.3 Å². The van der Waals surface area contributed by atoms with Crippen LogP contribution in [0.5, 0.6) is 5.75 Å². The molecule has 2 aliphatic rings. The van der Waals surface area contributed by atoms with Gasteiger partial charge in [-0.25, -0.2) is 0 Å². The number of methoxy groups -OCH3 is 1. The number of para-hydroxylation sites is 1. The summed E-state index contributed by atoms with van der Waals surface area (Å²) in [4.78, 5) is 11.7. The number of carbonyl (C=O) groups excluding carboxylic acids is 1. The van der Waals surface area contributed by atoms with Crippen molar-refractivity contribution in [2.45, 2.75) is 24.4 Å². The largest absolute Gasteiger partial charge is 0.497 e. The van der Waals surface area contributed by atoms with Gasteiger partial charge >= 0.3 is 6.18 Å². The standard InChI is InChI=1S/C12H10F3N5.C11H11NO2/c1-20-6-9(10(19-20)12(13,14)15)16-11-7-4-2-3-5-8(7)17-18-11;1-14-7-2-3-9-8(6-7)11(4-5-11)10(13)12-9/h2-6H,1H3,(H2,16,17,18);2-3,6H,4-5H2,1H3,(H,12,13). The number of alkyl halides is 3. The van der Waals surface area contributed by atoms with Gasteiger partial charge < -0.3 is 15.4 Å². The number of hydrogen-bond donors (Lipinski definition) is 3. The lowest BCUT2D eigenvalue weighted by atomic mass is 9.98. The average molecular weight is 470 g/mol. The van der Waals surface area contributed by atoms with Crippen molar-refractivity contribution < 1.29 is 22.7 Å². The highest BCUT2D eigenvalue weighted by molar-refractivity contribution is 6.08. The van der Waals surface area contributed by atoms with Crippen molar-refractivity contribution in [2.75, 3.05) is 17.7 Å². The van der Waals surface area contributed by atoms with E-state index in [1.165, 1.54) is 13.2 Å². The number of nitrogens with one attached hydrogen (secondary N) is 3. The first-order valence-electron chi connectivity index (χ1n) is 10.5. The molecule has 1 saturated carbocycles. The van der Waals surface area contributed by atoms with E-state index in [4.69, 9.17) is 4.74 Å². The Morgan fingerprint density at radius 2 is 1.94 bits per heavy atom. The van der Waals surface area contributed by atoms with Gasteiger partial charge in [-0.3, -0.25) is 14.6 Å². The number of hydrogen-bond acceptors (Lipinski definition) is 5. The SMILES string of the molecule is COc1ccc2c(c1)C1(CC1)C(=O)N2.Cn1cc(Nc2n[nH]c3ccccc23)c(C(F)(F)F)n1. The van der Waals surface area contributed by atoms with Crippen LogP contribution >= 0.6 is 0 Å². The lowest BCUT2D eigenvalue weighted by Gasteiger charge is -2.06. The van der Waals surface area contributed by atoms with E-state index >= 15 is 0 Å². The Morgan fingerprint density at radius 1 is 1.18 bits per heavy atom. The minimum absolute atomic E-state index is 0.128. The normalized spacial score (nSPS) is 15.5. The molecule has 34 heavy (non-hydrogen) atoms. The minimum Gasteiger partial charge on any atom is -0.497 e. The summed E-state index contributed by atoms with van der Waals surface area (Å²) in [5.74, 6) is 1.31. The van der Waals surface area contributed by atoms with E-state index in [1.54, 1.807) is 25.3 Å². The third-order valence-corrected chi connectivity index (χ3v) is 6.00. The Morgan fingerprint density at radius 3 is 2.65 bits per heavy atom. The summed E-state index contributed by atoms with van der Waals surface area (Å²) in [6.45, 7) is 0. The van der Waals surface area contributed by atoms with Crippen LogP contribution in [0.1, 0.15) is 24.1 Å². The fraction of sp³-hybridized carbons (Fsp3) is 0.261. The van der Waals surface area contributed by atoms with Crippen molar-refractivity contribution in [3.63, 3.8) is 0 Å². The molecular weight excluding hydrogens is 449 g/mol. The highest BCUT2D eigenvalue weighted by atomic mass is 19.4. The quantitative estimate of drug-likeness (QED) is 0.402. The summed E-state index contributed by atoms with van der Waals surface area (Å²) in [6, 6.07) is 12.9. The van der Waals surface area contributed by atoms with Crippen LogP contribution in [0, 0.1) is 0 Å². The molecule has 1 spiro atoms. The molecular formula is C23H21F3N6O2. The molecule has 0 atom stereocenters. The summed E-state index contributed by atoms with van der Waals surface area (Å²) in [5.41, 5.74) is 1.51. The van der Waals surface area contributed by atoms with Crippen LogP contribution < -0.4 is 15.4 Å². The number of aromatic nitrogens is 4. The molecule has 2 aromatic carbocycles. The molecule has 0 radical (unpaired) electrons. The first-order valence-corrected chi connectivity index (χ1v) is 10.5. The van der Waals surface area contributed by atoms with Crippen molar-refractivity contribution in [1.82, 2.24) is 20.0 Å². The molecule has 8 nitrogen and oxygen atoms in total. The first-order chi connectivity index (χ1) is 16.2. The monoisotopic (exact) mass is 470 g/mol. The Bertz CT molecular complexity index is 1390. The van der Waals surface area contributed by atoms with Crippen molar-refractivity contribution >= 4 is 34.0 Å². The van der Waals surface area contributed by atoms with E-state index in [-0.39, 0.29) is 17.0 Å². The second kappa shape index (κ2) is 7.79. The predicted molar refractivity (Wildman–Crippen MR) is 120 cm³/mol. The molecule has 1 fully saturated rings. The van der Waals surface area contributed by atoms with Gasteiger partial charge in [0.05, 0.1) is 23.7 Å². The van der Waals surface area contributed by atoms with Crippen LogP contribution in [0.15, 0.2) is 48.7 Å². The average Bonchev–Trinajstić information content (AvgIpc) is 3.28. The molecule has 0 unspecified atom stereocenters. The second-order valence-corrected chi connectivity index (χ2v) is 8.25. The zero-order valence-electron chi connectivity index (χ0n) is 18.3. The summed E-state index contributed by atoms with van der Waals surface area (Å²) in [6.07, 6.45) is -1.31. The molecule has 0 saturated heterocycles. The van der Waals surface area contributed by atoms with Gasteiger partial charge in [-0.05, 0) is 48.7 Å². The predicted octanol–water partition coefficient (Wildman–Crippen LogP) is 4.74. The first kappa shape index (κ1) is 21.8. The van der Waals surface area contributed by atoms with Crippen LogP contribution in [-0.2, 0) is 23.4 Å². The van der Waals surface area contributed by atoms with Crippen molar-refractivity contribution in [3.8, 4) is 5.75 Å². The molecule has 2 aromatic heterocycles. The van der Waals surface area contributed by atoms with Crippen LogP contribution in [0.2, 0.25) is 0 Å². The summed E-state index contributed by atoms with van der Waals surface area (Å²) < 4.78 is 44.8. The molecule has 3 N–H and O–H groups in total. The number of rotatable bonds is 3. The fourth-order valence-corrected chi connectivity index (χ4v) is 4.12. The van der Waals surface area contributed by atoms with Crippen LogP contribution in [-0.4, -0.2) is 33.0 Å². The number of fused-ring (bicyclic) bond motifs is 3. The van der Waals surface area contributed by atoms with E-state index in [9.17, 15) is 18.0 Å². The smallest absolute Gasteiger partial charge is 0.437 e.